The number of halogens is 7. The second-order valence-corrected chi connectivity index (χ2v) is 6.68. The monoisotopic (exact) mass is 414 g/mol. The number of hydrogen-bond donors (Lipinski definition) is 0. The van der Waals surface area contributed by atoms with Crippen LogP contribution in [0.2, 0.25) is 0 Å². The van der Waals surface area contributed by atoms with E-state index < -0.39 is 33.9 Å². The highest BCUT2D eigenvalue weighted by molar-refractivity contribution is 6.28. The van der Waals surface area contributed by atoms with Crippen LogP contribution in [0, 0.1) is 0 Å². The Morgan fingerprint density at radius 3 is 1.32 bits per heavy atom. The lowest BCUT2D eigenvalue weighted by molar-refractivity contribution is -0.162. The van der Waals surface area contributed by atoms with Gasteiger partial charge in [-0.05, 0) is 22.8 Å². The Hall–Kier alpha value is -2.47. The lowest BCUT2D eigenvalue weighted by Crippen LogP contribution is -2.29. The molecule has 0 nitrogen and oxygen atoms in total. The minimum atomic E-state index is -5.26. The number of alkyl halides is 7. The molecule has 0 N–H and O–H groups in total. The molecule has 146 valence electrons. The van der Waals surface area contributed by atoms with Gasteiger partial charge in [0.1, 0.15) is 4.87 Å². The third-order valence-electron chi connectivity index (χ3n) is 4.37. The molecule has 0 radical (unpaired) electrons. The Bertz CT molecular complexity index is 907. The zero-order chi connectivity index (χ0) is 20.6. The van der Waals surface area contributed by atoms with Gasteiger partial charge < -0.3 is 0 Å². The SMILES string of the molecule is FC(F)(F)c1cccc(C(Cl)(c2ccccc2)c2ccccc2)c1C(F)(F)F. The van der Waals surface area contributed by atoms with Crippen LogP contribution in [0.1, 0.15) is 27.8 Å². The average molecular weight is 415 g/mol. The highest BCUT2D eigenvalue weighted by Gasteiger charge is 2.49. The zero-order valence-corrected chi connectivity index (χ0v) is 14.9. The quantitative estimate of drug-likeness (QED) is 0.240. The second kappa shape index (κ2) is 7.17. The first-order valence-corrected chi connectivity index (χ1v) is 8.52. The summed E-state index contributed by atoms with van der Waals surface area (Å²) in [5, 5.41) is 0. The molecule has 0 bridgehead atoms. The molecule has 0 aromatic heterocycles. The van der Waals surface area contributed by atoms with Crippen LogP contribution in [0.3, 0.4) is 0 Å². The van der Waals surface area contributed by atoms with Crippen LogP contribution in [0.5, 0.6) is 0 Å². The minimum Gasteiger partial charge on any atom is -0.166 e. The van der Waals surface area contributed by atoms with Crippen LogP contribution < -0.4 is 0 Å². The molecule has 0 spiro atoms. The summed E-state index contributed by atoms with van der Waals surface area (Å²) >= 11 is 6.78. The number of benzene rings is 3. The van der Waals surface area contributed by atoms with E-state index in [0.29, 0.717) is 6.07 Å². The van der Waals surface area contributed by atoms with Crippen molar-refractivity contribution < 1.29 is 26.3 Å². The van der Waals surface area contributed by atoms with Crippen molar-refractivity contribution in [2.75, 3.05) is 0 Å². The molecular weight excluding hydrogens is 402 g/mol. The standard InChI is InChI=1S/C21H13ClF6/c22-19(14-8-3-1-4-9-14,15-10-5-2-6-11-15)16-12-7-13-17(20(23,24)25)18(16)21(26,27)28/h1-13H. The van der Waals surface area contributed by atoms with Gasteiger partial charge in [0, 0.05) is 0 Å². The lowest BCUT2D eigenvalue weighted by Gasteiger charge is -2.32. The largest absolute Gasteiger partial charge is 0.417 e. The van der Waals surface area contributed by atoms with Gasteiger partial charge in [-0.25, -0.2) is 0 Å². The summed E-state index contributed by atoms with van der Waals surface area (Å²) in [5.74, 6) is 0. The minimum absolute atomic E-state index is 0.229. The fraction of sp³-hybridized carbons (Fsp3) is 0.143. The maximum atomic E-state index is 13.8. The molecule has 0 unspecified atom stereocenters. The van der Waals surface area contributed by atoms with Crippen molar-refractivity contribution >= 4 is 11.6 Å². The fourth-order valence-corrected chi connectivity index (χ4v) is 3.60. The third kappa shape index (κ3) is 3.61. The molecule has 0 saturated heterocycles. The molecule has 7 heteroatoms. The van der Waals surface area contributed by atoms with Crippen LogP contribution >= 0.6 is 11.6 Å². The predicted molar refractivity (Wildman–Crippen MR) is 95.1 cm³/mol. The summed E-state index contributed by atoms with van der Waals surface area (Å²) in [4.78, 5) is -1.96. The number of hydrogen-bond acceptors (Lipinski definition) is 0. The Labute approximate surface area is 162 Å². The van der Waals surface area contributed by atoms with E-state index in [-0.39, 0.29) is 11.1 Å². The van der Waals surface area contributed by atoms with Gasteiger partial charge in [0.2, 0.25) is 0 Å². The molecule has 28 heavy (non-hydrogen) atoms. The summed E-state index contributed by atoms with van der Waals surface area (Å²) in [5.41, 5.74) is -3.77. The van der Waals surface area contributed by atoms with E-state index in [2.05, 4.69) is 0 Å². The van der Waals surface area contributed by atoms with Crippen molar-refractivity contribution in [1.82, 2.24) is 0 Å². The summed E-state index contributed by atoms with van der Waals surface area (Å²) in [6.45, 7) is 0. The van der Waals surface area contributed by atoms with E-state index >= 15 is 0 Å². The average Bonchev–Trinajstić information content (AvgIpc) is 2.67. The van der Waals surface area contributed by atoms with Crippen LogP contribution in [0.15, 0.2) is 78.9 Å². The van der Waals surface area contributed by atoms with E-state index in [9.17, 15) is 26.3 Å². The summed E-state index contributed by atoms with van der Waals surface area (Å²) in [7, 11) is 0. The Morgan fingerprint density at radius 2 is 0.929 bits per heavy atom. The molecule has 3 aromatic rings. The van der Waals surface area contributed by atoms with Gasteiger partial charge in [-0.15, -0.1) is 11.6 Å². The highest BCUT2D eigenvalue weighted by atomic mass is 35.5. The van der Waals surface area contributed by atoms with Crippen molar-refractivity contribution in [3.8, 4) is 0 Å². The van der Waals surface area contributed by atoms with Gasteiger partial charge in [-0.2, -0.15) is 26.3 Å². The van der Waals surface area contributed by atoms with Crippen molar-refractivity contribution in [1.29, 1.82) is 0 Å². The van der Waals surface area contributed by atoms with Crippen LogP contribution in [0.4, 0.5) is 26.3 Å². The molecular formula is C21H13ClF6. The van der Waals surface area contributed by atoms with Crippen LogP contribution in [-0.4, -0.2) is 0 Å². The van der Waals surface area contributed by atoms with E-state index in [1.54, 1.807) is 36.4 Å². The first-order valence-electron chi connectivity index (χ1n) is 8.14. The first-order chi connectivity index (χ1) is 13.1. The second-order valence-electron chi connectivity index (χ2n) is 6.11. The smallest absolute Gasteiger partial charge is 0.166 e. The van der Waals surface area contributed by atoms with Crippen molar-refractivity contribution in [2.45, 2.75) is 17.2 Å². The first kappa shape index (κ1) is 20.3. The van der Waals surface area contributed by atoms with E-state index in [4.69, 9.17) is 11.6 Å². The Kier molecular flexibility index (Phi) is 5.19. The van der Waals surface area contributed by atoms with Gasteiger partial charge in [0.05, 0.1) is 11.1 Å². The van der Waals surface area contributed by atoms with Gasteiger partial charge in [0.15, 0.2) is 0 Å². The summed E-state index contributed by atoms with van der Waals surface area (Å²) in [6.07, 6.45) is -10.4. The molecule has 0 aliphatic rings. The third-order valence-corrected chi connectivity index (χ3v) is 5.01. The number of rotatable bonds is 3. The molecule has 0 heterocycles. The molecule has 3 rings (SSSR count). The van der Waals surface area contributed by atoms with E-state index in [1.165, 1.54) is 24.3 Å². The van der Waals surface area contributed by atoms with Crippen molar-refractivity contribution in [2.24, 2.45) is 0 Å². The normalized spacial score (nSPS) is 12.8. The Balaban J connectivity index is 2.44. The molecule has 0 amide bonds. The lowest BCUT2D eigenvalue weighted by atomic mass is 9.80. The molecule has 0 fully saturated rings. The Morgan fingerprint density at radius 1 is 0.500 bits per heavy atom. The van der Waals surface area contributed by atoms with Crippen molar-refractivity contribution in [3.05, 3.63) is 107 Å². The molecule has 0 aliphatic carbocycles. The molecule has 0 saturated carbocycles. The molecule has 0 aliphatic heterocycles. The van der Waals surface area contributed by atoms with Gasteiger partial charge in [0.25, 0.3) is 0 Å². The maximum Gasteiger partial charge on any atom is 0.417 e. The molecule has 0 atom stereocenters. The van der Waals surface area contributed by atoms with Gasteiger partial charge in [-0.3, -0.25) is 0 Å². The molecule has 3 aromatic carbocycles. The zero-order valence-electron chi connectivity index (χ0n) is 14.2. The predicted octanol–water partition coefficient (Wildman–Crippen LogP) is 7.25. The summed E-state index contributed by atoms with van der Waals surface area (Å²) in [6, 6.07) is 17.8. The highest BCUT2D eigenvalue weighted by Crippen LogP contribution is 2.50. The fourth-order valence-electron chi connectivity index (χ4n) is 3.19. The van der Waals surface area contributed by atoms with E-state index in [1.807, 2.05) is 0 Å². The van der Waals surface area contributed by atoms with E-state index in [0.717, 1.165) is 12.1 Å². The topological polar surface area (TPSA) is 0 Å². The maximum absolute atomic E-state index is 13.8. The van der Waals surface area contributed by atoms with Gasteiger partial charge in [-0.1, -0.05) is 72.8 Å². The van der Waals surface area contributed by atoms with Crippen LogP contribution in [-0.2, 0) is 17.2 Å². The van der Waals surface area contributed by atoms with Crippen LogP contribution in [0.25, 0.3) is 0 Å². The summed E-state index contributed by atoms with van der Waals surface area (Å²) < 4.78 is 81.8. The van der Waals surface area contributed by atoms with Crippen molar-refractivity contribution in [3.63, 3.8) is 0 Å². The van der Waals surface area contributed by atoms with Gasteiger partial charge >= 0.3 is 12.4 Å².